The van der Waals surface area contributed by atoms with Crippen molar-refractivity contribution in [1.82, 2.24) is 19.5 Å². The quantitative estimate of drug-likeness (QED) is 0.432. The number of rotatable bonds is 10. The molecule has 0 bridgehead atoms. The van der Waals surface area contributed by atoms with Crippen LogP contribution in [0.2, 0.25) is 0 Å². The molecule has 168 valence electrons. The van der Waals surface area contributed by atoms with Gasteiger partial charge in [0.25, 0.3) is 0 Å². The van der Waals surface area contributed by atoms with Crippen LogP contribution in [0.15, 0.2) is 6.33 Å². The van der Waals surface area contributed by atoms with E-state index in [2.05, 4.69) is 19.9 Å². The second kappa shape index (κ2) is 10.0. The van der Waals surface area contributed by atoms with Gasteiger partial charge in [0.2, 0.25) is 5.95 Å². The normalized spacial score (nSPS) is 15.6. The van der Waals surface area contributed by atoms with E-state index in [1.807, 2.05) is 32.3 Å². The third kappa shape index (κ3) is 5.89. The molecule has 0 aliphatic carbocycles. The molecule has 0 aromatic carbocycles. The third-order valence-electron chi connectivity index (χ3n) is 4.24. The number of anilines is 2. The second-order valence-corrected chi connectivity index (χ2v) is 9.47. The molecule has 0 radical (unpaired) electrons. The lowest BCUT2D eigenvalue weighted by molar-refractivity contribution is 0.0961. The fraction of sp³-hybridized carbons (Fsp3) is 0.722. The van der Waals surface area contributed by atoms with Crippen molar-refractivity contribution in [3.63, 3.8) is 0 Å². The molecule has 1 aliphatic heterocycles. The number of morpholine rings is 1. The van der Waals surface area contributed by atoms with Crippen LogP contribution in [0.3, 0.4) is 0 Å². The first-order chi connectivity index (χ1) is 14.3. The van der Waals surface area contributed by atoms with Crippen LogP contribution in [0.5, 0.6) is 0 Å². The summed E-state index contributed by atoms with van der Waals surface area (Å²) in [6, 6.07) is 0. The zero-order chi connectivity index (χ0) is 21.7. The van der Waals surface area contributed by atoms with Gasteiger partial charge in [0, 0.05) is 19.6 Å². The number of nitrogens with zero attached hydrogens (tertiary/aromatic N) is 5. The number of hydrogen-bond acceptors (Lipinski definition) is 10. The van der Waals surface area contributed by atoms with Gasteiger partial charge >= 0.3 is 7.60 Å². The summed E-state index contributed by atoms with van der Waals surface area (Å²) in [6.07, 6.45) is 1.11. The number of nitrogens with two attached hydrogens (primary N) is 1. The molecule has 2 aromatic rings. The Morgan fingerprint density at radius 2 is 1.83 bits per heavy atom. The van der Waals surface area contributed by atoms with E-state index in [-0.39, 0.29) is 31.1 Å². The minimum absolute atomic E-state index is 0.119. The summed E-state index contributed by atoms with van der Waals surface area (Å²) in [5, 5.41) is 0. The molecular formula is C18H31N6O5P. The monoisotopic (exact) mass is 442 g/mol. The van der Waals surface area contributed by atoms with Gasteiger partial charge in [-0.2, -0.15) is 9.97 Å². The Morgan fingerprint density at radius 1 is 1.17 bits per heavy atom. The summed E-state index contributed by atoms with van der Waals surface area (Å²) in [5.41, 5.74) is 7.26. The van der Waals surface area contributed by atoms with Crippen molar-refractivity contribution in [1.29, 1.82) is 0 Å². The maximum Gasteiger partial charge on any atom is 0.356 e. The van der Waals surface area contributed by atoms with Crippen molar-refractivity contribution >= 4 is 30.5 Å². The summed E-state index contributed by atoms with van der Waals surface area (Å²) in [4.78, 5) is 15.3. The Kier molecular flexibility index (Phi) is 7.65. The van der Waals surface area contributed by atoms with Crippen LogP contribution >= 0.6 is 7.60 Å². The smallest absolute Gasteiger partial charge is 0.356 e. The number of ether oxygens (including phenoxy) is 2. The Bertz CT molecular complexity index is 869. The first-order valence-electron chi connectivity index (χ1n) is 10.1. The third-order valence-corrected chi connectivity index (χ3v) is 6.23. The first-order valence-corrected chi connectivity index (χ1v) is 11.8. The van der Waals surface area contributed by atoms with Gasteiger partial charge in [-0.3, -0.25) is 4.57 Å². The zero-order valence-corrected chi connectivity index (χ0v) is 18.9. The van der Waals surface area contributed by atoms with E-state index >= 15 is 0 Å². The van der Waals surface area contributed by atoms with Crippen LogP contribution in [-0.4, -0.2) is 71.0 Å². The van der Waals surface area contributed by atoms with E-state index in [0.29, 0.717) is 36.7 Å². The first kappa shape index (κ1) is 22.9. The lowest BCUT2D eigenvalue weighted by atomic mass is 10.3. The molecule has 2 aromatic heterocycles. The highest BCUT2D eigenvalue weighted by atomic mass is 31.2. The molecule has 0 amide bonds. The average molecular weight is 442 g/mol. The summed E-state index contributed by atoms with van der Waals surface area (Å²) in [7, 11) is -3.33. The summed E-state index contributed by atoms with van der Waals surface area (Å²) in [6.45, 7) is 10.7. The van der Waals surface area contributed by atoms with Crippen LogP contribution < -0.4 is 10.6 Å². The number of aromatic nitrogens is 4. The molecule has 11 nitrogen and oxygen atoms in total. The Hall–Kier alpha value is -1.78. The minimum Gasteiger partial charge on any atom is -0.378 e. The molecule has 1 fully saturated rings. The molecule has 0 saturated carbocycles. The molecule has 0 unspecified atom stereocenters. The maximum absolute atomic E-state index is 12.8. The van der Waals surface area contributed by atoms with E-state index in [0.717, 1.165) is 13.1 Å². The van der Waals surface area contributed by atoms with E-state index in [9.17, 15) is 4.57 Å². The van der Waals surface area contributed by atoms with Crippen molar-refractivity contribution in [2.24, 2.45) is 0 Å². The highest BCUT2D eigenvalue weighted by Gasteiger charge is 2.28. The molecule has 3 rings (SSSR count). The summed E-state index contributed by atoms with van der Waals surface area (Å²) < 4.78 is 36.7. The second-order valence-electron chi connectivity index (χ2n) is 7.57. The van der Waals surface area contributed by atoms with Crippen molar-refractivity contribution in [3.05, 3.63) is 6.33 Å². The van der Waals surface area contributed by atoms with Gasteiger partial charge in [-0.25, -0.2) is 4.98 Å². The topological polar surface area (TPSA) is 127 Å². The van der Waals surface area contributed by atoms with Crippen LogP contribution in [0.25, 0.3) is 11.2 Å². The van der Waals surface area contributed by atoms with Crippen LogP contribution in [0.1, 0.15) is 27.7 Å². The van der Waals surface area contributed by atoms with Gasteiger partial charge in [0.15, 0.2) is 17.0 Å². The molecule has 3 heterocycles. The fourth-order valence-corrected chi connectivity index (χ4v) is 4.98. The lowest BCUT2D eigenvalue weighted by Crippen LogP contribution is -2.37. The Balaban J connectivity index is 1.66. The highest BCUT2D eigenvalue weighted by molar-refractivity contribution is 7.53. The number of nitrogen functional groups attached to an aromatic ring is 1. The molecule has 30 heavy (non-hydrogen) atoms. The molecule has 1 aliphatic rings. The van der Waals surface area contributed by atoms with E-state index < -0.39 is 7.60 Å². The van der Waals surface area contributed by atoms with Gasteiger partial charge in [0.1, 0.15) is 6.35 Å². The highest BCUT2D eigenvalue weighted by Crippen LogP contribution is 2.50. The van der Waals surface area contributed by atoms with Gasteiger partial charge in [-0.1, -0.05) is 0 Å². The van der Waals surface area contributed by atoms with E-state index in [1.54, 1.807) is 6.33 Å². The average Bonchev–Trinajstić information content (AvgIpc) is 3.06. The fourth-order valence-electron chi connectivity index (χ4n) is 3.17. The largest absolute Gasteiger partial charge is 0.378 e. The van der Waals surface area contributed by atoms with Crippen molar-refractivity contribution < 1.29 is 23.1 Å². The predicted octanol–water partition coefficient (Wildman–Crippen LogP) is 2.26. The molecule has 0 atom stereocenters. The molecular weight excluding hydrogens is 411 g/mol. The van der Waals surface area contributed by atoms with Gasteiger partial charge in [-0.05, 0) is 27.7 Å². The summed E-state index contributed by atoms with van der Waals surface area (Å²) >= 11 is 0. The molecule has 12 heteroatoms. The van der Waals surface area contributed by atoms with Gasteiger partial charge in [0.05, 0.1) is 38.4 Å². The van der Waals surface area contributed by atoms with Crippen LogP contribution in [0, 0.1) is 0 Å². The van der Waals surface area contributed by atoms with E-state index in [1.165, 1.54) is 0 Å². The SMILES string of the molecule is CC(C)OP(=O)(COCCn1cnc2c(N3CCOCC3)nc(N)nc21)OC(C)C. The van der Waals surface area contributed by atoms with Crippen molar-refractivity contribution in [3.8, 4) is 0 Å². The van der Waals surface area contributed by atoms with Crippen LogP contribution in [-0.2, 0) is 29.6 Å². The van der Waals surface area contributed by atoms with Crippen LogP contribution in [0.4, 0.5) is 11.8 Å². The summed E-state index contributed by atoms with van der Waals surface area (Å²) in [5.74, 6) is 0.896. The molecule has 0 spiro atoms. The molecule has 1 saturated heterocycles. The van der Waals surface area contributed by atoms with Gasteiger partial charge < -0.3 is 33.7 Å². The standard InChI is InChI=1S/C18H31N6O5P/c1-13(2)28-30(25,29-14(3)4)12-27-10-7-24-11-20-15-16(21-18(19)22-17(15)24)23-5-8-26-9-6-23/h11,13-14H,5-10,12H2,1-4H3,(H2,19,21,22). The predicted molar refractivity (Wildman–Crippen MR) is 114 cm³/mol. The zero-order valence-electron chi connectivity index (χ0n) is 18.0. The number of hydrogen-bond donors (Lipinski definition) is 1. The van der Waals surface area contributed by atoms with E-state index in [4.69, 9.17) is 24.3 Å². The Labute approximate surface area is 176 Å². The van der Waals surface area contributed by atoms with Crippen molar-refractivity contribution in [2.45, 2.75) is 46.4 Å². The molecule has 2 N–H and O–H groups in total. The Morgan fingerprint density at radius 3 is 2.47 bits per heavy atom. The maximum atomic E-state index is 12.8. The lowest BCUT2D eigenvalue weighted by Gasteiger charge is -2.27. The van der Waals surface area contributed by atoms with Crippen molar-refractivity contribution in [2.75, 3.05) is 49.9 Å². The number of imidazole rings is 1. The van der Waals surface area contributed by atoms with Gasteiger partial charge in [-0.15, -0.1) is 0 Å². The minimum atomic E-state index is -3.33. The number of fused-ring (bicyclic) bond motifs is 1.